The van der Waals surface area contributed by atoms with Crippen molar-refractivity contribution >= 4 is 37.4 Å². The van der Waals surface area contributed by atoms with Gasteiger partial charge in [-0.25, -0.2) is 8.42 Å². The Hall–Kier alpha value is -0.880. The lowest BCUT2D eigenvalue weighted by Crippen LogP contribution is -2.07. The summed E-state index contributed by atoms with van der Waals surface area (Å²) in [5.41, 5.74) is 6.97. The van der Waals surface area contributed by atoms with Crippen LogP contribution in [-0.4, -0.2) is 8.42 Å². The molecule has 0 aliphatic heterocycles. The third kappa shape index (κ3) is 3.41. The molecule has 20 heavy (non-hydrogen) atoms. The van der Waals surface area contributed by atoms with Gasteiger partial charge in [0, 0.05) is 16.0 Å². The molecule has 2 aromatic carbocycles. The van der Waals surface area contributed by atoms with E-state index in [9.17, 15) is 8.42 Å². The monoisotopic (exact) mass is 373 g/mol. The Morgan fingerprint density at radius 3 is 2.45 bits per heavy atom. The summed E-state index contributed by atoms with van der Waals surface area (Å²) in [6.07, 6.45) is 0. The highest BCUT2D eigenvalue weighted by Crippen LogP contribution is 2.27. The molecular formula is C14H13BrClNO2S. The summed E-state index contributed by atoms with van der Waals surface area (Å²) < 4.78 is 25.4. The Bertz CT molecular complexity index is 732. The van der Waals surface area contributed by atoms with Gasteiger partial charge in [-0.05, 0) is 45.3 Å². The third-order valence-electron chi connectivity index (χ3n) is 2.87. The van der Waals surface area contributed by atoms with Crippen molar-refractivity contribution in [2.24, 2.45) is 5.73 Å². The second-order valence-corrected chi connectivity index (χ2v) is 7.54. The van der Waals surface area contributed by atoms with Crippen LogP contribution in [0.3, 0.4) is 0 Å². The van der Waals surface area contributed by atoms with Gasteiger partial charge in [0.2, 0.25) is 0 Å². The van der Waals surface area contributed by atoms with Gasteiger partial charge >= 0.3 is 0 Å². The Morgan fingerprint density at radius 1 is 1.15 bits per heavy atom. The molecule has 2 N–H and O–H groups in total. The van der Waals surface area contributed by atoms with Gasteiger partial charge < -0.3 is 5.73 Å². The zero-order chi connectivity index (χ0) is 14.8. The molecule has 0 unspecified atom stereocenters. The number of hydrogen-bond acceptors (Lipinski definition) is 3. The summed E-state index contributed by atoms with van der Waals surface area (Å²) >= 11 is 9.37. The Labute approximate surface area is 131 Å². The van der Waals surface area contributed by atoms with Crippen molar-refractivity contribution in [2.75, 3.05) is 0 Å². The fourth-order valence-corrected chi connectivity index (χ4v) is 4.66. The van der Waals surface area contributed by atoms with Gasteiger partial charge in [-0.3, -0.25) is 0 Å². The van der Waals surface area contributed by atoms with Crippen molar-refractivity contribution < 1.29 is 8.42 Å². The van der Waals surface area contributed by atoms with Crippen LogP contribution >= 0.6 is 27.5 Å². The van der Waals surface area contributed by atoms with E-state index >= 15 is 0 Å². The quantitative estimate of drug-likeness (QED) is 0.890. The summed E-state index contributed by atoms with van der Waals surface area (Å²) in [7, 11) is -3.45. The normalized spacial score (nSPS) is 11.6. The van der Waals surface area contributed by atoms with Gasteiger partial charge in [0.15, 0.2) is 9.84 Å². The van der Waals surface area contributed by atoms with Gasteiger partial charge in [-0.1, -0.05) is 35.9 Å². The summed E-state index contributed by atoms with van der Waals surface area (Å²) in [6, 6.07) is 11.9. The van der Waals surface area contributed by atoms with Crippen LogP contribution in [0.15, 0.2) is 51.8 Å². The highest BCUT2D eigenvalue weighted by Gasteiger charge is 2.19. The summed E-state index contributed by atoms with van der Waals surface area (Å²) in [6.45, 7) is 0.372. The Kier molecular flexibility index (Phi) is 4.86. The fourth-order valence-electron chi connectivity index (χ4n) is 1.81. The van der Waals surface area contributed by atoms with Crippen molar-refractivity contribution in [3.05, 3.63) is 63.1 Å². The molecule has 106 valence electrons. The van der Waals surface area contributed by atoms with E-state index in [1.54, 1.807) is 42.5 Å². The van der Waals surface area contributed by atoms with Crippen LogP contribution in [-0.2, 0) is 22.1 Å². The maximum atomic E-state index is 12.4. The molecule has 0 spiro atoms. The van der Waals surface area contributed by atoms with E-state index in [1.807, 2.05) is 0 Å². The number of hydrogen-bond donors (Lipinski definition) is 1. The molecule has 0 amide bonds. The summed E-state index contributed by atoms with van der Waals surface area (Å²) in [5.74, 6) is -0.140. The maximum absolute atomic E-state index is 12.4. The first-order valence-electron chi connectivity index (χ1n) is 5.88. The van der Waals surface area contributed by atoms with E-state index in [0.717, 1.165) is 5.56 Å². The van der Waals surface area contributed by atoms with Crippen LogP contribution in [0.4, 0.5) is 0 Å². The van der Waals surface area contributed by atoms with E-state index in [2.05, 4.69) is 15.9 Å². The Morgan fingerprint density at radius 2 is 1.85 bits per heavy atom. The lowest BCUT2D eigenvalue weighted by molar-refractivity contribution is 0.595. The van der Waals surface area contributed by atoms with Gasteiger partial charge in [0.1, 0.15) is 0 Å². The molecular weight excluding hydrogens is 362 g/mol. The van der Waals surface area contributed by atoms with Crippen LogP contribution in [0.1, 0.15) is 11.1 Å². The molecule has 0 aliphatic rings. The molecule has 0 aromatic heterocycles. The minimum Gasteiger partial charge on any atom is -0.326 e. The van der Waals surface area contributed by atoms with Crippen LogP contribution < -0.4 is 5.73 Å². The average Bonchev–Trinajstić information content (AvgIpc) is 2.41. The summed E-state index contributed by atoms with van der Waals surface area (Å²) in [5, 5.41) is 0.420. The van der Waals surface area contributed by atoms with E-state index in [4.69, 9.17) is 17.3 Å². The number of rotatable bonds is 4. The van der Waals surface area contributed by atoms with Crippen molar-refractivity contribution in [3.63, 3.8) is 0 Å². The highest BCUT2D eigenvalue weighted by molar-refractivity contribution is 9.10. The van der Waals surface area contributed by atoms with Gasteiger partial charge in [0.05, 0.1) is 10.6 Å². The third-order valence-corrected chi connectivity index (χ3v) is 5.89. The number of benzene rings is 2. The van der Waals surface area contributed by atoms with Gasteiger partial charge in [-0.2, -0.15) is 0 Å². The molecule has 2 aromatic rings. The molecule has 0 saturated heterocycles. The SMILES string of the molecule is NCc1ccc(CS(=O)(=O)c2ccccc2Br)c(Cl)c1. The van der Waals surface area contributed by atoms with E-state index in [1.165, 1.54) is 0 Å². The van der Waals surface area contributed by atoms with Crippen LogP contribution in [0, 0.1) is 0 Å². The van der Waals surface area contributed by atoms with Crippen molar-refractivity contribution in [1.82, 2.24) is 0 Å². The lowest BCUT2D eigenvalue weighted by Gasteiger charge is -2.09. The van der Waals surface area contributed by atoms with Gasteiger partial charge in [-0.15, -0.1) is 0 Å². The molecule has 0 fully saturated rings. The lowest BCUT2D eigenvalue weighted by atomic mass is 10.1. The van der Waals surface area contributed by atoms with Gasteiger partial charge in [0.25, 0.3) is 0 Å². The standard InChI is InChI=1S/C14H13BrClNO2S/c15-12-3-1-2-4-14(12)20(18,19)9-11-6-5-10(8-17)7-13(11)16/h1-7H,8-9,17H2. The predicted molar refractivity (Wildman–Crippen MR) is 84.4 cm³/mol. The van der Waals surface area contributed by atoms with E-state index in [-0.39, 0.29) is 10.6 Å². The maximum Gasteiger partial charge on any atom is 0.183 e. The topological polar surface area (TPSA) is 60.2 Å². The molecule has 0 bridgehead atoms. The molecule has 3 nitrogen and oxygen atoms in total. The number of nitrogens with two attached hydrogens (primary N) is 1. The minimum atomic E-state index is -3.45. The van der Waals surface area contributed by atoms with Crippen molar-refractivity contribution in [2.45, 2.75) is 17.2 Å². The fraction of sp³-hybridized carbons (Fsp3) is 0.143. The predicted octanol–water partition coefficient (Wildman–Crippen LogP) is 3.54. The molecule has 0 atom stereocenters. The average molecular weight is 375 g/mol. The summed E-state index contributed by atoms with van der Waals surface area (Å²) in [4.78, 5) is 0.263. The van der Waals surface area contributed by atoms with Crippen molar-refractivity contribution in [3.8, 4) is 0 Å². The zero-order valence-corrected chi connectivity index (χ0v) is 13.7. The zero-order valence-electron chi connectivity index (χ0n) is 10.5. The highest BCUT2D eigenvalue weighted by atomic mass is 79.9. The molecule has 2 rings (SSSR count). The molecule has 0 radical (unpaired) electrons. The largest absolute Gasteiger partial charge is 0.326 e. The second kappa shape index (κ2) is 6.26. The second-order valence-electron chi connectivity index (χ2n) is 4.32. The van der Waals surface area contributed by atoms with Crippen LogP contribution in [0.25, 0.3) is 0 Å². The Balaban J connectivity index is 2.36. The first kappa shape index (κ1) is 15.5. The smallest absolute Gasteiger partial charge is 0.183 e. The molecule has 0 heterocycles. The number of sulfone groups is 1. The molecule has 0 aliphatic carbocycles. The molecule has 6 heteroatoms. The minimum absolute atomic E-state index is 0.140. The van der Waals surface area contributed by atoms with E-state index < -0.39 is 9.84 Å². The van der Waals surface area contributed by atoms with Crippen molar-refractivity contribution in [1.29, 1.82) is 0 Å². The number of halogens is 2. The van der Waals surface area contributed by atoms with Crippen LogP contribution in [0.5, 0.6) is 0 Å². The molecule has 0 saturated carbocycles. The van der Waals surface area contributed by atoms with E-state index in [0.29, 0.717) is 21.6 Å². The van der Waals surface area contributed by atoms with Crippen LogP contribution in [0.2, 0.25) is 5.02 Å². The first-order valence-corrected chi connectivity index (χ1v) is 8.71. The first-order chi connectivity index (χ1) is 9.44.